The summed E-state index contributed by atoms with van der Waals surface area (Å²) < 4.78 is 0. The van der Waals surface area contributed by atoms with Crippen LogP contribution < -0.4 is 5.32 Å². The maximum atomic E-state index is 13.0. The first-order chi connectivity index (χ1) is 14.7. The summed E-state index contributed by atoms with van der Waals surface area (Å²) in [7, 11) is 0. The van der Waals surface area contributed by atoms with Gasteiger partial charge in [0.05, 0.1) is 12.5 Å². The van der Waals surface area contributed by atoms with Gasteiger partial charge in [0, 0.05) is 51.2 Å². The molecule has 2 aliphatic rings. The van der Waals surface area contributed by atoms with Crippen LogP contribution >= 0.6 is 0 Å². The molecule has 31 heavy (non-hydrogen) atoms. The van der Waals surface area contributed by atoms with Gasteiger partial charge in [-0.3, -0.25) is 19.3 Å². The SMILES string of the molecule is CC(C)(C)C(=O)N1CCCC(C(=O)N2CCN(CC(=O)NCc3ccccc3)CC2)C1. The minimum atomic E-state index is -0.419. The van der Waals surface area contributed by atoms with Crippen molar-refractivity contribution in [3.63, 3.8) is 0 Å². The minimum Gasteiger partial charge on any atom is -0.351 e. The Morgan fingerprint density at radius 1 is 0.968 bits per heavy atom. The summed E-state index contributed by atoms with van der Waals surface area (Å²) in [5, 5.41) is 2.96. The molecule has 3 rings (SSSR count). The number of rotatable bonds is 5. The van der Waals surface area contributed by atoms with Crippen LogP contribution in [0.2, 0.25) is 0 Å². The van der Waals surface area contributed by atoms with E-state index in [0.29, 0.717) is 45.8 Å². The van der Waals surface area contributed by atoms with Gasteiger partial charge in [-0.05, 0) is 18.4 Å². The van der Waals surface area contributed by atoms with E-state index in [9.17, 15) is 14.4 Å². The average molecular weight is 429 g/mol. The summed E-state index contributed by atoms with van der Waals surface area (Å²) in [6.07, 6.45) is 1.72. The zero-order chi connectivity index (χ0) is 22.4. The molecule has 0 aliphatic carbocycles. The fourth-order valence-corrected chi connectivity index (χ4v) is 4.28. The Labute approximate surface area is 185 Å². The molecule has 2 fully saturated rings. The van der Waals surface area contributed by atoms with Gasteiger partial charge in [0.1, 0.15) is 0 Å². The molecule has 1 N–H and O–H groups in total. The van der Waals surface area contributed by atoms with Gasteiger partial charge in [0.25, 0.3) is 0 Å². The van der Waals surface area contributed by atoms with Crippen molar-refractivity contribution in [3.05, 3.63) is 35.9 Å². The lowest BCUT2D eigenvalue weighted by atomic mass is 9.90. The van der Waals surface area contributed by atoms with E-state index in [1.54, 1.807) is 0 Å². The van der Waals surface area contributed by atoms with Crippen LogP contribution in [0.4, 0.5) is 0 Å². The summed E-state index contributed by atoms with van der Waals surface area (Å²) in [6, 6.07) is 9.86. The molecule has 0 aromatic heterocycles. The third-order valence-electron chi connectivity index (χ3n) is 6.08. The van der Waals surface area contributed by atoms with E-state index in [-0.39, 0.29) is 23.6 Å². The topological polar surface area (TPSA) is 73.0 Å². The van der Waals surface area contributed by atoms with Gasteiger partial charge in [0.15, 0.2) is 0 Å². The highest BCUT2D eigenvalue weighted by molar-refractivity contribution is 5.84. The highest BCUT2D eigenvalue weighted by Gasteiger charge is 2.35. The number of piperidine rings is 1. The second-order valence-corrected chi connectivity index (χ2v) is 9.70. The summed E-state index contributed by atoms with van der Waals surface area (Å²) in [4.78, 5) is 43.8. The van der Waals surface area contributed by atoms with Gasteiger partial charge < -0.3 is 15.1 Å². The van der Waals surface area contributed by atoms with E-state index < -0.39 is 5.41 Å². The van der Waals surface area contributed by atoms with Crippen molar-refractivity contribution in [1.82, 2.24) is 20.0 Å². The Hall–Kier alpha value is -2.41. The second kappa shape index (κ2) is 10.3. The second-order valence-electron chi connectivity index (χ2n) is 9.70. The first-order valence-corrected chi connectivity index (χ1v) is 11.3. The molecule has 0 saturated carbocycles. The largest absolute Gasteiger partial charge is 0.351 e. The van der Waals surface area contributed by atoms with Crippen molar-refractivity contribution in [3.8, 4) is 0 Å². The molecule has 7 heteroatoms. The number of benzene rings is 1. The molecule has 1 unspecified atom stereocenters. The van der Waals surface area contributed by atoms with E-state index in [0.717, 1.165) is 24.9 Å². The summed E-state index contributed by atoms with van der Waals surface area (Å²) in [5.74, 6) is 0.170. The molecule has 0 bridgehead atoms. The zero-order valence-electron chi connectivity index (χ0n) is 19.1. The monoisotopic (exact) mass is 428 g/mol. The number of nitrogens with zero attached hydrogens (tertiary/aromatic N) is 3. The predicted molar refractivity (Wildman–Crippen MR) is 120 cm³/mol. The quantitative estimate of drug-likeness (QED) is 0.775. The third-order valence-corrected chi connectivity index (χ3v) is 6.08. The molecule has 3 amide bonds. The molecule has 2 aliphatic heterocycles. The first kappa shape index (κ1) is 23.3. The maximum absolute atomic E-state index is 13.0. The molecule has 2 heterocycles. The van der Waals surface area contributed by atoms with Gasteiger partial charge in [0.2, 0.25) is 17.7 Å². The molecule has 0 radical (unpaired) electrons. The van der Waals surface area contributed by atoms with E-state index in [1.165, 1.54) is 0 Å². The Morgan fingerprint density at radius 2 is 1.65 bits per heavy atom. The molecule has 2 saturated heterocycles. The molecule has 0 spiro atoms. The maximum Gasteiger partial charge on any atom is 0.234 e. The predicted octanol–water partition coefficient (Wildman–Crippen LogP) is 1.73. The summed E-state index contributed by atoms with van der Waals surface area (Å²) in [5.41, 5.74) is 0.662. The highest BCUT2D eigenvalue weighted by Crippen LogP contribution is 2.25. The number of likely N-dealkylation sites (tertiary alicyclic amines) is 1. The van der Waals surface area contributed by atoms with Gasteiger partial charge in [-0.1, -0.05) is 51.1 Å². The van der Waals surface area contributed by atoms with Crippen molar-refractivity contribution in [2.24, 2.45) is 11.3 Å². The van der Waals surface area contributed by atoms with Crippen LogP contribution in [-0.2, 0) is 20.9 Å². The van der Waals surface area contributed by atoms with E-state index in [4.69, 9.17) is 0 Å². The van der Waals surface area contributed by atoms with Crippen LogP contribution in [0, 0.1) is 11.3 Å². The van der Waals surface area contributed by atoms with Gasteiger partial charge >= 0.3 is 0 Å². The number of nitrogens with one attached hydrogen (secondary N) is 1. The zero-order valence-corrected chi connectivity index (χ0v) is 19.1. The Morgan fingerprint density at radius 3 is 2.29 bits per heavy atom. The van der Waals surface area contributed by atoms with Crippen molar-refractivity contribution in [2.75, 3.05) is 45.8 Å². The van der Waals surface area contributed by atoms with Crippen LogP contribution in [0.15, 0.2) is 30.3 Å². The molecular formula is C24H36N4O3. The molecule has 1 aromatic rings. The molecule has 1 aromatic carbocycles. The highest BCUT2D eigenvalue weighted by atomic mass is 16.2. The van der Waals surface area contributed by atoms with Gasteiger partial charge in [-0.25, -0.2) is 0 Å². The van der Waals surface area contributed by atoms with Crippen LogP contribution in [-0.4, -0.2) is 78.2 Å². The van der Waals surface area contributed by atoms with Gasteiger partial charge in [-0.2, -0.15) is 0 Å². The van der Waals surface area contributed by atoms with Crippen LogP contribution in [0.5, 0.6) is 0 Å². The Kier molecular flexibility index (Phi) is 7.70. The Bertz CT molecular complexity index is 767. The lowest BCUT2D eigenvalue weighted by molar-refractivity contribution is -0.146. The van der Waals surface area contributed by atoms with E-state index >= 15 is 0 Å². The first-order valence-electron chi connectivity index (χ1n) is 11.3. The minimum absolute atomic E-state index is 0.00671. The number of hydrogen-bond acceptors (Lipinski definition) is 4. The van der Waals surface area contributed by atoms with Crippen LogP contribution in [0.25, 0.3) is 0 Å². The van der Waals surface area contributed by atoms with Crippen molar-refractivity contribution in [1.29, 1.82) is 0 Å². The lowest BCUT2D eigenvalue weighted by Crippen LogP contribution is -2.54. The van der Waals surface area contributed by atoms with Crippen molar-refractivity contribution >= 4 is 17.7 Å². The number of hydrogen-bond donors (Lipinski definition) is 1. The fourth-order valence-electron chi connectivity index (χ4n) is 4.28. The van der Waals surface area contributed by atoms with Crippen molar-refractivity contribution in [2.45, 2.75) is 40.2 Å². The van der Waals surface area contributed by atoms with E-state index in [2.05, 4.69) is 10.2 Å². The lowest BCUT2D eigenvalue weighted by Gasteiger charge is -2.40. The fraction of sp³-hybridized carbons (Fsp3) is 0.625. The summed E-state index contributed by atoms with van der Waals surface area (Å²) in [6.45, 7) is 10.6. The number of carbonyl (C=O) groups excluding carboxylic acids is 3. The number of amides is 3. The summed E-state index contributed by atoms with van der Waals surface area (Å²) >= 11 is 0. The standard InChI is InChI=1S/C24H36N4O3/c1-24(2,3)23(31)28-11-7-10-20(17-28)22(30)27-14-12-26(13-15-27)18-21(29)25-16-19-8-5-4-6-9-19/h4-6,8-9,20H,7,10-18H2,1-3H3,(H,25,29). The third kappa shape index (κ3) is 6.53. The molecule has 7 nitrogen and oxygen atoms in total. The number of carbonyl (C=O) groups is 3. The molecule has 170 valence electrons. The number of piperazine rings is 1. The average Bonchev–Trinajstić information content (AvgIpc) is 2.77. The molecule has 1 atom stereocenters. The van der Waals surface area contributed by atoms with E-state index in [1.807, 2.05) is 60.9 Å². The normalized spacial score (nSPS) is 20.4. The Balaban J connectivity index is 1.42. The van der Waals surface area contributed by atoms with Crippen LogP contribution in [0.3, 0.4) is 0 Å². The van der Waals surface area contributed by atoms with Crippen molar-refractivity contribution < 1.29 is 14.4 Å². The van der Waals surface area contributed by atoms with Gasteiger partial charge in [-0.15, -0.1) is 0 Å². The molecular weight excluding hydrogens is 392 g/mol. The smallest absolute Gasteiger partial charge is 0.234 e. The van der Waals surface area contributed by atoms with Crippen LogP contribution in [0.1, 0.15) is 39.2 Å².